The number of benzene rings is 2. The van der Waals surface area contributed by atoms with Gasteiger partial charge in [0, 0.05) is 13.1 Å². The normalized spacial score (nSPS) is 14.5. The average Bonchev–Trinajstić information content (AvgIpc) is 3.43. The number of alkyl halides is 3. The summed E-state index contributed by atoms with van der Waals surface area (Å²) in [5, 5.41) is 8.73. The number of aromatic nitrogens is 4. The highest BCUT2D eigenvalue weighted by Gasteiger charge is 2.31. The number of amides is 1. The molecular weight excluding hydrogens is 511 g/mol. The van der Waals surface area contributed by atoms with Crippen molar-refractivity contribution in [2.75, 3.05) is 18.8 Å². The third-order valence-corrected chi connectivity index (χ3v) is 7.91. The number of likely N-dealkylation sites (tertiary alicyclic amines) is 1. The standard InChI is InChI=1S/C24H22F3N5O2S2/c25-24(26,27)16-7-6-8-17(13-16)32-20(14-31-18-9-2-3-10-19(18)36-23(31)34)28-29-22(32)35-15-21(33)30-11-4-1-5-12-30/h2-3,6-10,13H,1,4-5,11-12,14-15H2. The zero-order chi connectivity index (χ0) is 25.3. The van der Waals surface area contributed by atoms with Crippen LogP contribution in [0.1, 0.15) is 30.7 Å². The van der Waals surface area contributed by atoms with Gasteiger partial charge in [-0.2, -0.15) is 13.2 Å². The minimum atomic E-state index is -4.53. The van der Waals surface area contributed by atoms with E-state index in [-0.39, 0.29) is 28.8 Å². The maximum atomic E-state index is 13.5. The molecule has 3 heterocycles. The van der Waals surface area contributed by atoms with E-state index >= 15 is 0 Å². The maximum Gasteiger partial charge on any atom is 0.416 e. The van der Waals surface area contributed by atoms with Crippen molar-refractivity contribution in [2.45, 2.75) is 37.1 Å². The van der Waals surface area contributed by atoms with E-state index in [0.29, 0.717) is 29.6 Å². The van der Waals surface area contributed by atoms with E-state index in [1.54, 1.807) is 4.90 Å². The highest BCUT2D eigenvalue weighted by Crippen LogP contribution is 2.32. The fourth-order valence-electron chi connectivity index (χ4n) is 4.24. The number of hydrogen-bond donors (Lipinski definition) is 0. The number of thioether (sulfide) groups is 1. The molecule has 12 heteroatoms. The topological polar surface area (TPSA) is 73.0 Å². The van der Waals surface area contributed by atoms with Crippen LogP contribution in [0.25, 0.3) is 15.9 Å². The number of piperidine rings is 1. The highest BCUT2D eigenvalue weighted by atomic mass is 32.2. The van der Waals surface area contributed by atoms with E-state index in [1.807, 2.05) is 24.3 Å². The number of carbonyl (C=O) groups excluding carboxylic acids is 1. The van der Waals surface area contributed by atoms with Gasteiger partial charge < -0.3 is 4.90 Å². The summed E-state index contributed by atoms with van der Waals surface area (Å²) in [6.45, 7) is 1.44. The maximum absolute atomic E-state index is 13.5. The van der Waals surface area contributed by atoms with E-state index in [0.717, 1.165) is 59.2 Å². The number of thiazole rings is 1. The lowest BCUT2D eigenvalue weighted by Gasteiger charge is -2.26. The van der Waals surface area contributed by atoms with Crippen LogP contribution in [-0.2, 0) is 17.5 Å². The molecule has 5 rings (SSSR count). The molecule has 1 saturated heterocycles. The van der Waals surface area contributed by atoms with E-state index in [2.05, 4.69) is 10.2 Å². The predicted molar refractivity (Wildman–Crippen MR) is 133 cm³/mol. The molecule has 1 aliphatic rings. The molecule has 2 aromatic carbocycles. The molecule has 2 aromatic heterocycles. The van der Waals surface area contributed by atoms with Crippen LogP contribution in [0.3, 0.4) is 0 Å². The van der Waals surface area contributed by atoms with Gasteiger partial charge in [0.15, 0.2) is 11.0 Å². The fraction of sp³-hybridized carbons (Fsp3) is 0.333. The second-order valence-electron chi connectivity index (χ2n) is 8.43. The second-order valence-corrected chi connectivity index (χ2v) is 10.4. The van der Waals surface area contributed by atoms with Gasteiger partial charge in [-0.25, -0.2) is 0 Å². The first-order valence-corrected chi connectivity index (χ1v) is 13.2. The first-order chi connectivity index (χ1) is 17.3. The van der Waals surface area contributed by atoms with Gasteiger partial charge in [0.05, 0.1) is 33.8 Å². The SMILES string of the molecule is O=C(CSc1nnc(Cn2c(=O)sc3ccccc32)n1-c1cccc(C(F)(F)F)c1)N1CCCCC1. The molecule has 1 fully saturated rings. The van der Waals surface area contributed by atoms with Crippen molar-refractivity contribution in [2.24, 2.45) is 0 Å². The van der Waals surface area contributed by atoms with Crippen molar-refractivity contribution < 1.29 is 18.0 Å². The van der Waals surface area contributed by atoms with Crippen LogP contribution in [0.2, 0.25) is 0 Å². The average molecular weight is 534 g/mol. The lowest BCUT2D eigenvalue weighted by atomic mass is 10.1. The summed E-state index contributed by atoms with van der Waals surface area (Å²) in [6.07, 6.45) is -1.50. The molecule has 0 aliphatic carbocycles. The summed E-state index contributed by atoms with van der Waals surface area (Å²) < 4.78 is 44.2. The molecule has 36 heavy (non-hydrogen) atoms. The molecule has 0 radical (unpaired) electrons. The number of para-hydroxylation sites is 1. The minimum absolute atomic E-state index is 0.0206. The minimum Gasteiger partial charge on any atom is -0.342 e. The molecule has 0 spiro atoms. The fourth-order valence-corrected chi connectivity index (χ4v) is 6.01. The van der Waals surface area contributed by atoms with E-state index in [4.69, 9.17) is 0 Å². The molecule has 4 aromatic rings. The van der Waals surface area contributed by atoms with Gasteiger partial charge in [-0.15, -0.1) is 10.2 Å². The Balaban J connectivity index is 1.51. The molecule has 0 saturated carbocycles. The molecule has 0 bridgehead atoms. The van der Waals surface area contributed by atoms with Gasteiger partial charge in [0.2, 0.25) is 5.91 Å². The first kappa shape index (κ1) is 24.6. The molecule has 188 valence electrons. The summed E-state index contributed by atoms with van der Waals surface area (Å²) in [7, 11) is 0. The number of carbonyl (C=O) groups is 1. The van der Waals surface area contributed by atoms with E-state index in [1.165, 1.54) is 21.3 Å². The summed E-state index contributed by atoms with van der Waals surface area (Å²) >= 11 is 2.22. The Morgan fingerprint density at radius 3 is 2.58 bits per heavy atom. The molecule has 0 N–H and O–H groups in total. The number of rotatable bonds is 6. The number of halogens is 3. The van der Waals surface area contributed by atoms with E-state index in [9.17, 15) is 22.8 Å². The van der Waals surface area contributed by atoms with Crippen molar-refractivity contribution in [3.8, 4) is 5.69 Å². The van der Waals surface area contributed by atoms with Gasteiger partial charge in [-0.05, 0) is 49.6 Å². The third-order valence-electron chi connectivity index (χ3n) is 6.04. The summed E-state index contributed by atoms with van der Waals surface area (Å²) in [4.78, 5) is 27.0. The van der Waals surface area contributed by atoms with Crippen molar-refractivity contribution in [1.82, 2.24) is 24.2 Å². The van der Waals surface area contributed by atoms with Crippen LogP contribution in [0.4, 0.5) is 13.2 Å². The lowest BCUT2D eigenvalue weighted by molar-refractivity contribution is -0.137. The summed E-state index contributed by atoms with van der Waals surface area (Å²) in [5.74, 6) is 0.353. The number of fused-ring (bicyclic) bond motifs is 1. The molecule has 1 aliphatic heterocycles. The van der Waals surface area contributed by atoms with Crippen LogP contribution in [0.5, 0.6) is 0 Å². The van der Waals surface area contributed by atoms with Crippen molar-refractivity contribution in [3.05, 3.63) is 69.6 Å². The highest BCUT2D eigenvalue weighted by molar-refractivity contribution is 7.99. The lowest BCUT2D eigenvalue weighted by Crippen LogP contribution is -2.36. The van der Waals surface area contributed by atoms with Crippen molar-refractivity contribution in [3.63, 3.8) is 0 Å². The predicted octanol–water partition coefficient (Wildman–Crippen LogP) is 4.82. The third kappa shape index (κ3) is 5.05. The van der Waals surface area contributed by atoms with Crippen molar-refractivity contribution >= 4 is 39.2 Å². The Bertz CT molecular complexity index is 1450. The molecule has 1 amide bonds. The first-order valence-electron chi connectivity index (χ1n) is 11.4. The van der Waals surface area contributed by atoms with Gasteiger partial charge in [0.1, 0.15) is 0 Å². The van der Waals surface area contributed by atoms with Crippen LogP contribution in [0, 0.1) is 0 Å². The van der Waals surface area contributed by atoms with Gasteiger partial charge in [-0.3, -0.25) is 18.7 Å². The van der Waals surface area contributed by atoms with Crippen LogP contribution in [0.15, 0.2) is 58.5 Å². The Labute approximate surface area is 212 Å². The Hall–Kier alpha value is -3.12. The van der Waals surface area contributed by atoms with Gasteiger partial charge in [0.25, 0.3) is 0 Å². The molecular formula is C24H22F3N5O2S2. The largest absolute Gasteiger partial charge is 0.416 e. The van der Waals surface area contributed by atoms with Crippen LogP contribution in [-0.4, -0.2) is 49.0 Å². The molecule has 7 nitrogen and oxygen atoms in total. The van der Waals surface area contributed by atoms with E-state index < -0.39 is 11.7 Å². The molecule has 0 atom stereocenters. The van der Waals surface area contributed by atoms with Crippen LogP contribution < -0.4 is 4.87 Å². The van der Waals surface area contributed by atoms with Gasteiger partial charge >= 0.3 is 11.0 Å². The Morgan fingerprint density at radius 2 is 1.81 bits per heavy atom. The zero-order valence-electron chi connectivity index (χ0n) is 19.1. The summed E-state index contributed by atoms with van der Waals surface area (Å²) in [5.41, 5.74) is 0.115. The van der Waals surface area contributed by atoms with Crippen molar-refractivity contribution in [1.29, 1.82) is 0 Å². The Morgan fingerprint density at radius 1 is 1.03 bits per heavy atom. The number of hydrogen-bond acceptors (Lipinski definition) is 6. The zero-order valence-corrected chi connectivity index (χ0v) is 20.7. The van der Waals surface area contributed by atoms with Crippen LogP contribution >= 0.6 is 23.1 Å². The summed E-state index contributed by atoms with van der Waals surface area (Å²) in [6, 6.07) is 12.2. The Kier molecular flexibility index (Phi) is 6.89. The molecule has 0 unspecified atom stereocenters. The second kappa shape index (κ2) is 10.1. The smallest absolute Gasteiger partial charge is 0.342 e. The quantitative estimate of drug-likeness (QED) is 0.333. The monoisotopic (exact) mass is 533 g/mol. The van der Waals surface area contributed by atoms with Gasteiger partial charge in [-0.1, -0.05) is 41.3 Å². The number of nitrogens with zero attached hydrogens (tertiary/aromatic N) is 5.